The zero-order valence-corrected chi connectivity index (χ0v) is 13.5. The Bertz CT molecular complexity index is 755. The molecule has 3 aromatic heterocycles. The summed E-state index contributed by atoms with van der Waals surface area (Å²) in [6, 6.07) is 3.61. The first kappa shape index (κ1) is 15.3. The summed E-state index contributed by atoms with van der Waals surface area (Å²) in [7, 11) is 0. The predicted octanol–water partition coefficient (Wildman–Crippen LogP) is 1.96. The maximum atomic E-state index is 12.6. The number of thiazole rings is 1. The molecule has 3 heterocycles. The Hall–Kier alpha value is -2.61. The highest BCUT2D eigenvalue weighted by Crippen LogP contribution is 2.20. The van der Waals surface area contributed by atoms with Crippen LogP contribution in [0.15, 0.2) is 42.3 Å². The normalized spacial score (nSPS) is 10.7. The first-order valence-electron chi connectivity index (χ1n) is 7.27. The molecule has 8 heteroatoms. The van der Waals surface area contributed by atoms with Gasteiger partial charge in [-0.25, -0.2) is 15.0 Å². The second-order valence-electron chi connectivity index (χ2n) is 4.76. The summed E-state index contributed by atoms with van der Waals surface area (Å²) in [6.07, 6.45) is 6.93. The van der Waals surface area contributed by atoms with E-state index in [1.807, 2.05) is 19.2 Å². The molecule has 0 N–H and O–H groups in total. The molecule has 0 aliphatic carbocycles. The molecule has 0 saturated heterocycles. The molecule has 0 radical (unpaired) electrons. The van der Waals surface area contributed by atoms with E-state index in [-0.39, 0.29) is 5.91 Å². The van der Waals surface area contributed by atoms with Crippen molar-refractivity contribution in [2.75, 3.05) is 13.1 Å². The molecule has 0 fully saturated rings. The van der Waals surface area contributed by atoms with Crippen molar-refractivity contribution >= 4 is 17.2 Å². The molecule has 118 valence electrons. The Morgan fingerprint density at radius 2 is 2.09 bits per heavy atom. The average molecular weight is 328 g/mol. The standard InChI is InChI=1S/C15H16N6OS/c1-2-20(9-10-21-8-4-7-18-21)15(22)12-11-23-14(19-12)13-16-5-3-6-17-13/h3-8,11H,2,9-10H2,1H3. The van der Waals surface area contributed by atoms with Gasteiger partial charge in [-0.3, -0.25) is 9.48 Å². The predicted molar refractivity (Wildman–Crippen MR) is 86.9 cm³/mol. The van der Waals surface area contributed by atoms with Crippen LogP contribution >= 0.6 is 11.3 Å². The van der Waals surface area contributed by atoms with Gasteiger partial charge in [0, 0.05) is 43.3 Å². The average Bonchev–Trinajstić information content (AvgIpc) is 3.28. The number of carbonyl (C=O) groups excluding carboxylic acids is 1. The molecule has 0 aliphatic heterocycles. The van der Waals surface area contributed by atoms with Gasteiger partial charge in [0.1, 0.15) is 5.69 Å². The number of likely N-dealkylation sites (N-methyl/N-ethyl adjacent to an activating group) is 1. The van der Waals surface area contributed by atoms with E-state index < -0.39 is 0 Å². The maximum Gasteiger partial charge on any atom is 0.273 e. The van der Waals surface area contributed by atoms with E-state index in [1.165, 1.54) is 11.3 Å². The van der Waals surface area contributed by atoms with Crippen LogP contribution in [0, 0.1) is 0 Å². The van der Waals surface area contributed by atoms with Gasteiger partial charge in [0.05, 0.1) is 6.54 Å². The van der Waals surface area contributed by atoms with Crippen molar-refractivity contribution in [1.82, 2.24) is 29.6 Å². The topological polar surface area (TPSA) is 76.8 Å². The Labute approximate surface area is 137 Å². The molecule has 3 aromatic rings. The van der Waals surface area contributed by atoms with Gasteiger partial charge in [-0.05, 0) is 19.1 Å². The zero-order valence-electron chi connectivity index (χ0n) is 12.7. The van der Waals surface area contributed by atoms with E-state index in [1.54, 1.807) is 39.6 Å². The second kappa shape index (κ2) is 7.10. The third kappa shape index (κ3) is 3.59. The molecule has 0 atom stereocenters. The van der Waals surface area contributed by atoms with Crippen molar-refractivity contribution < 1.29 is 4.79 Å². The van der Waals surface area contributed by atoms with Crippen LogP contribution in [0.4, 0.5) is 0 Å². The lowest BCUT2D eigenvalue weighted by Crippen LogP contribution is -2.34. The third-order valence-electron chi connectivity index (χ3n) is 3.31. The van der Waals surface area contributed by atoms with Crippen LogP contribution in [0.5, 0.6) is 0 Å². The van der Waals surface area contributed by atoms with Gasteiger partial charge in [0.2, 0.25) is 0 Å². The monoisotopic (exact) mass is 328 g/mol. The molecule has 23 heavy (non-hydrogen) atoms. The number of carbonyl (C=O) groups is 1. The molecule has 1 amide bonds. The summed E-state index contributed by atoms with van der Waals surface area (Å²) in [4.78, 5) is 27.0. The van der Waals surface area contributed by atoms with Crippen molar-refractivity contribution in [2.45, 2.75) is 13.5 Å². The van der Waals surface area contributed by atoms with E-state index in [0.29, 0.717) is 36.2 Å². The lowest BCUT2D eigenvalue weighted by atomic mass is 10.3. The molecule has 0 aliphatic rings. The first-order chi connectivity index (χ1) is 11.3. The third-order valence-corrected chi connectivity index (χ3v) is 4.15. The van der Waals surface area contributed by atoms with Crippen molar-refractivity contribution in [3.8, 4) is 10.8 Å². The minimum Gasteiger partial charge on any atom is -0.336 e. The van der Waals surface area contributed by atoms with Crippen molar-refractivity contribution in [1.29, 1.82) is 0 Å². The summed E-state index contributed by atoms with van der Waals surface area (Å²) in [5.41, 5.74) is 0.430. The molecule has 0 spiro atoms. The molecule has 0 aromatic carbocycles. The molecule has 0 bridgehead atoms. The van der Waals surface area contributed by atoms with Crippen LogP contribution < -0.4 is 0 Å². The molecular weight excluding hydrogens is 312 g/mol. The van der Waals surface area contributed by atoms with E-state index in [0.717, 1.165) is 0 Å². The summed E-state index contributed by atoms with van der Waals surface area (Å²) in [5.74, 6) is 0.453. The Kier molecular flexibility index (Phi) is 4.72. The van der Waals surface area contributed by atoms with Gasteiger partial charge in [-0.1, -0.05) is 0 Å². The second-order valence-corrected chi connectivity index (χ2v) is 5.62. The fourth-order valence-electron chi connectivity index (χ4n) is 2.11. The van der Waals surface area contributed by atoms with Crippen molar-refractivity contribution in [2.24, 2.45) is 0 Å². The largest absolute Gasteiger partial charge is 0.336 e. The van der Waals surface area contributed by atoms with Gasteiger partial charge in [-0.2, -0.15) is 5.10 Å². The van der Waals surface area contributed by atoms with Crippen LogP contribution in [0.2, 0.25) is 0 Å². The van der Waals surface area contributed by atoms with E-state index in [4.69, 9.17) is 0 Å². The minimum absolute atomic E-state index is 0.0851. The van der Waals surface area contributed by atoms with Crippen LogP contribution in [0.1, 0.15) is 17.4 Å². The highest BCUT2D eigenvalue weighted by atomic mass is 32.1. The maximum absolute atomic E-state index is 12.6. The number of hydrogen-bond acceptors (Lipinski definition) is 6. The smallest absolute Gasteiger partial charge is 0.273 e. The Morgan fingerprint density at radius 1 is 1.26 bits per heavy atom. The first-order valence-corrected chi connectivity index (χ1v) is 8.15. The van der Waals surface area contributed by atoms with E-state index in [9.17, 15) is 4.79 Å². The van der Waals surface area contributed by atoms with Crippen LogP contribution in [0.3, 0.4) is 0 Å². The lowest BCUT2D eigenvalue weighted by Gasteiger charge is -2.19. The van der Waals surface area contributed by atoms with Gasteiger partial charge in [-0.15, -0.1) is 11.3 Å². The number of aromatic nitrogens is 5. The minimum atomic E-state index is -0.0851. The SMILES string of the molecule is CCN(CCn1cccn1)C(=O)c1csc(-c2ncccn2)n1. The number of amides is 1. The lowest BCUT2D eigenvalue weighted by molar-refractivity contribution is 0.0752. The Balaban J connectivity index is 1.70. The summed E-state index contributed by atoms with van der Waals surface area (Å²) < 4.78 is 1.81. The highest BCUT2D eigenvalue weighted by Gasteiger charge is 2.18. The summed E-state index contributed by atoms with van der Waals surface area (Å²) in [6.45, 7) is 3.82. The molecule has 0 unspecified atom stereocenters. The summed E-state index contributed by atoms with van der Waals surface area (Å²) >= 11 is 1.37. The number of rotatable bonds is 6. The van der Waals surface area contributed by atoms with E-state index in [2.05, 4.69) is 20.1 Å². The van der Waals surface area contributed by atoms with Gasteiger partial charge >= 0.3 is 0 Å². The quantitative estimate of drug-likeness (QED) is 0.691. The number of nitrogens with zero attached hydrogens (tertiary/aromatic N) is 6. The van der Waals surface area contributed by atoms with Crippen molar-refractivity contribution in [3.05, 3.63) is 48.0 Å². The molecule has 0 saturated carbocycles. The van der Waals surface area contributed by atoms with Crippen LogP contribution in [-0.2, 0) is 6.54 Å². The fourth-order valence-corrected chi connectivity index (χ4v) is 2.84. The van der Waals surface area contributed by atoms with Gasteiger partial charge < -0.3 is 4.90 Å². The van der Waals surface area contributed by atoms with Crippen LogP contribution in [-0.4, -0.2) is 48.6 Å². The summed E-state index contributed by atoms with van der Waals surface area (Å²) in [5, 5.41) is 6.55. The molecule has 3 rings (SSSR count). The molecule has 7 nitrogen and oxygen atoms in total. The number of hydrogen-bond donors (Lipinski definition) is 0. The fraction of sp³-hybridized carbons (Fsp3) is 0.267. The highest BCUT2D eigenvalue weighted by molar-refractivity contribution is 7.13. The molecular formula is C15H16N6OS. The van der Waals surface area contributed by atoms with Crippen LogP contribution in [0.25, 0.3) is 10.8 Å². The van der Waals surface area contributed by atoms with E-state index >= 15 is 0 Å². The van der Waals surface area contributed by atoms with Gasteiger partial charge in [0.15, 0.2) is 10.8 Å². The van der Waals surface area contributed by atoms with Crippen molar-refractivity contribution in [3.63, 3.8) is 0 Å². The Morgan fingerprint density at radius 3 is 2.78 bits per heavy atom. The van der Waals surface area contributed by atoms with Gasteiger partial charge in [0.25, 0.3) is 5.91 Å². The zero-order chi connectivity index (χ0) is 16.1.